The number of nitrogens with one attached hydrogen (secondary N) is 3. The number of H-pyrrole nitrogens is 1. The Kier molecular flexibility index (Phi) is 3.58. The maximum atomic E-state index is 11.8. The van der Waals surface area contributed by atoms with Crippen LogP contribution in [0.2, 0.25) is 0 Å². The van der Waals surface area contributed by atoms with Gasteiger partial charge in [0.25, 0.3) is 0 Å². The van der Waals surface area contributed by atoms with Crippen LogP contribution in [-0.2, 0) is 22.6 Å². The van der Waals surface area contributed by atoms with Gasteiger partial charge in [0.05, 0.1) is 30.4 Å². The van der Waals surface area contributed by atoms with E-state index >= 15 is 0 Å². The molecular formula is C10H14N4O4. The first-order chi connectivity index (χ1) is 8.61. The van der Waals surface area contributed by atoms with Crippen molar-refractivity contribution in [3.63, 3.8) is 0 Å². The Morgan fingerprint density at radius 3 is 3.06 bits per heavy atom. The van der Waals surface area contributed by atoms with Crippen molar-refractivity contribution in [1.82, 2.24) is 20.6 Å². The Morgan fingerprint density at radius 1 is 1.61 bits per heavy atom. The highest BCUT2D eigenvalue weighted by Crippen LogP contribution is 2.12. The molecule has 0 saturated heterocycles. The molecule has 0 radical (unpaired) electrons. The minimum absolute atomic E-state index is 0.391. The fourth-order valence-corrected chi connectivity index (χ4v) is 1.81. The van der Waals surface area contributed by atoms with Crippen molar-refractivity contribution in [3.8, 4) is 0 Å². The summed E-state index contributed by atoms with van der Waals surface area (Å²) in [5, 5.41) is 22.8. The molecule has 1 aromatic heterocycles. The number of aliphatic hydroxyl groups is 1. The topological polar surface area (TPSA) is 127 Å². The Labute approximate surface area is 102 Å². The third-order valence-electron chi connectivity index (χ3n) is 2.84. The van der Waals surface area contributed by atoms with Gasteiger partial charge in [0, 0.05) is 13.0 Å². The third-order valence-corrected chi connectivity index (χ3v) is 2.84. The summed E-state index contributed by atoms with van der Waals surface area (Å²) in [7, 11) is 0. The molecule has 8 heteroatoms. The van der Waals surface area contributed by atoms with Crippen molar-refractivity contribution >= 4 is 11.9 Å². The van der Waals surface area contributed by atoms with Crippen LogP contribution in [0.4, 0.5) is 0 Å². The number of hydrogen-bond acceptors (Lipinski definition) is 5. The molecule has 0 saturated carbocycles. The first kappa shape index (κ1) is 12.5. The molecular weight excluding hydrogens is 240 g/mol. The zero-order chi connectivity index (χ0) is 13.1. The van der Waals surface area contributed by atoms with E-state index in [0.29, 0.717) is 13.0 Å². The number of imidazole rings is 1. The van der Waals surface area contributed by atoms with Crippen LogP contribution in [0, 0.1) is 0 Å². The number of fused-ring (bicyclic) bond motifs is 1. The zero-order valence-electron chi connectivity index (χ0n) is 9.51. The molecule has 5 N–H and O–H groups in total. The molecule has 0 fully saturated rings. The van der Waals surface area contributed by atoms with Gasteiger partial charge in [-0.3, -0.25) is 10.1 Å². The summed E-state index contributed by atoms with van der Waals surface area (Å²) in [5.74, 6) is -1.72. The number of aliphatic carboxylic acids is 1. The van der Waals surface area contributed by atoms with Crippen molar-refractivity contribution < 1.29 is 19.8 Å². The van der Waals surface area contributed by atoms with Gasteiger partial charge in [0.2, 0.25) is 5.91 Å². The van der Waals surface area contributed by atoms with E-state index in [9.17, 15) is 9.59 Å². The summed E-state index contributed by atoms with van der Waals surface area (Å²) in [4.78, 5) is 29.5. The molecule has 0 spiro atoms. The number of carbonyl (C=O) groups is 2. The van der Waals surface area contributed by atoms with Crippen molar-refractivity contribution in [2.75, 3.05) is 6.61 Å². The number of carboxylic acid groups (broad SMARTS) is 1. The average Bonchev–Trinajstić information content (AvgIpc) is 2.82. The van der Waals surface area contributed by atoms with Crippen LogP contribution in [0.25, 0.3) is 0 Å². The molecule has 8 nitrogen and oxygen atoms in total. The van der Waals surface area contributed by atoms with E-state index in [0.717, 1.165) is 11.4 Å². The highest BCUT2D eigenvalue weighted by atomic mass is 16.4. The standard InChI is InChI=1S/C10H14N4O4/c15-3-8(10(17)18)14-9(16)6-1-5-7(2-11-6)13-4-12-5/h4,6,8,11,15H,1-3H2,(H,12,13)(H,14,16)(H,17,18)/t6?,8-/m0/s1. The predicted octanol–water partition coefficient (Wildman–Crippen LogP) is -2.01. The van der Waals surface area contributed by atoms with Gasteiger partial charge in [0.1, 0.15) is 6.04 Å². The third kappa shape index (κ3) is 2.49. The molecule has 1 aliphatic rings. The van der Waals surface area contributed by atoms with Crippen molar-refractivity contribution in [2.45, 2.75) is 25.0 Å². The minimum atomic E-state index is -1.28. The molecule has 2 atom stereocenters. The van der Waals surface area contributed by atoms with Crippen molar-refractivity contribution in [2.24, 2.45) is 0 Å². The number of aromatic amines is 1. The SMILES string of the molecule is O=C(N[C@@H](CO)C(=O)O)C1Cc2nc[nH]c2CN1. The number of aromatic nitrogens is 2. The Hall–Kier alpha value is -1.93. The van der Waals surface area contributed by atoms with E-state index in [4.69, 9.17) is 10.2 Å². The lowest BCUT2D eigenvalue weighted by molar-refractivity contribution is -0.143. The van der Waals surface area contributed by atoms with Crippen LogP contribution in [0.1, 0.15) is 11.4 Å². The van der Waals surface area contributed by atoms with E-state index in [1.807, 2.05) is 0 Å². The molecule has 2 heterocycles. The summed E-state index contributed by atoms with van der Waals surface area (Å²) in [5.41, 5.74) is 1.72. The fraction of sp³-hybridized carbons (Fsp3) is 0.500. The molecule has 98 valence electrons. The normalized spacial score (nSPS) is 19.9. The van der Waals surface area contributed by atoms with E-state index in [1.165, 1.54) is 0 Å². The first-order valence-electron chi connectivity index (χ1n) is 5.50. The van der Waals surface area contributed by atoms with Crippen LogP contribution in [0.15, 0.2) is 6.33 Å². The largest absolute Gasteiger partial charge is 0.480 e. The van der Waals surface area contributed by atoms with E-state index in [2.05, 4.69) is 20.6 Å². The molecule has 1 amide bonds. The summed E-state index contributed by atoms with van der Waals surface area (Å²) in [6.07, 6.45) is 1.95. The Balaban J connectivity index is 1.97. The fourth-order valence-electron chi connectivity index (χ4n) is 1.81. The van der Waals surface area contributed by atoms with Gasteiger partial charge in [-0.25, -0.2) is 9.78 Å². The van der Waals surface area contributed by atoms with Crippen LogP contribution in [-0.4, -0.2) is 50.7 Å². The summed E-state index contributed by atoms with van der Waals surface area (Å²) < 4.78 is 0. The molecule has 0 aliphatic carbocycles. The highest BCUT2D eigenvalue weighted by Gasteiger charge is 2.28. The molecule has 0 bridgehead atoms. The second kappa shape index (κ2) is 5.15. The van der Waals surface area contributed by atoms with Gasteiger partial charge in [-0.1, -0.05) is 0 Å². The van der Waals surface area contributed by atoms with Crippen molar-refractivity contribution in [1.29, 1.82) is 0 Å². The summed E-state index contributed by atoms with van der Waals surface area (Å²) in [6, 6.07) is -1.81. The van der Waals surface area contributed by atoms with E-state index < -0.39 is 30.6 Å². The first-order valence-corrected chi connectivity index (χ1v) is 5.50. The molecule has 1 aliphatic heterocycles. The van der Waals surface area contributed by atoms with Crippen molar-refractivity contribution in [3.05, 3.63) is 17.7 Å². The number of rotatable bonds is 4. The lowest BCUT2D eigenvalue weighted by Crippen LogP contribution is -2.53. The Bertz CT molecular complexity index is 458. The number of carboxylic acids is 1. The number of nitrogens with zero attached hydrogens (tertiary/aromatic N) is 1. The van der Waals surface area contributed by atoms with Gasteiger partial charge in [-0.05, 0) is 0 Å². The maximum Gasteiger partial charge on any atom is 0.328 e. The van der Waals surface area contributed by atoms with Gasteiger partial charge in [-0.2, -0.15) is 0 Å². The number of hydrogen-bond donors (Lipinski definition) is 5. The van der Waals surface area contributed by atoms with Crippen LogP contribution in [0.5, 0.6) is 0 Å². The van der Waals surface area contributed by atoms with Crippen LogP contribution < -0.4 is 10.6 Å². The predicted molar refractivity (Wildman–Crippen MR) is 59.6 cm³/mol. The van der Waals surface area contributed by atoms with Gasteiger partial charge in [-0.15, -0.1) is 0 Å². The number of aliphatic hydroxyl groups excluding tert-OH is 1. The van der Waals surface area contributed by atoms with Crippen LogP contribution >= 0.6 is 0 Å². The monoisotopic (exact) mass is 254 g/mol. The summed E-state index contributed by atoms with van der Waals surface area (Å²) in [6.45, 7) is -0.161. The van der Waals surface area contributed by atoms with Gasteiger partial charge in [0.15, 0.2) is 0 Å². The van der Waals surface area contributed by atoms with Gasteiger partial charge < -0.3 is 20.5 Å². The van der Waals surface area contributed by atoms with E-state index in [1.54, 1.807) is 6.33 Å². The number of amides is 1. The minimum Gasteiger partial charge on any atom is -0.480 e. The second-order valence-electron chi connectivity index (χ2n) is 4.05. The lowest BCUT2D eigenvalue weighted by Gasteiger charge is -2.23. The zero-order valence-corrected chi connectivity index (χ0v) is 9.51. The Morgan fingerprint density at radius 2 is 2.39 bits per heavy atom. The smallest absolute Gasteiger partial charge is 0.328 e. The maximum absolute atomic E-state index is 11.8. The lowest BCUT2D eigenvalue weighted by atomic mass is 10.0. The average molecular weight is 254 g/mol. The van der Waals surface area contributed by atoms with Crippen LogP contribution in [0.3, 0.4) is 0 Å². The molecule has 0 aromatic carbocycles. The quantitative estimate of drug-likeness (QED) is 0.422. The molecule has 1 aromatic rings. The molecule has 2 rings (SSSR count). The highest BCUT2D eigenvalue weighted by molar-refractivity contribution is 5.87. The molecule has 18 heavy (non-hydrogen) atoms. The van der Waals surface area contributed by atoms with E-state index in [-0.39, 0.29) is 0 Å². The molecule has 1 unspecified atom stereocenters. The summed E-state index contributed by atoms with van der Waals surface area (Å²) >= 11 is 0. The second-order valence-corrected chi connectivity index (χ2v) is 4.05. The van der Waals surface area contributed by atoms with Gasteiger partial charge >= 0.3 is 5.97 Å². The number of carbonyl (C=O) groups excluding carboxylic acids is 1.